The van der Waals surface area contributed by atoms with Crippen LogP contribution in [0.4, 0.5) is 0 Å². The molecule has 0 saturated heterocycles. The summed E-state index contributed by atoms with van der Waals surface area (Å²) < 4.78 is 1.43. The fourth-order valence-electron chi connectivity index (χ4n) is 1.80. The predicted octanol–water partition coefficient (Wildman–Crippen LogP) is 4.89. The Balaban J connectivity index is 2.14. The van der Waals surface area contributed by atoms with Gasteiger partial charge in [-0.2, -0.15) is 0 Å². The van der Waals surface area contributed by atoms with Crippen LogP contribution in [0, 0.1) is 0 Å². The molecule has 0 radical (unpaired) electrons. The second kappa shape index (κ2) is 3.96. The fourth-order valence-corrected chi connectivity index (χ4v) is 5.10. The zero-order valence-corrected chi connectivity index (χ0v) is 11.2. The second-order valence-electron chi connectivity index (χ2n) is 3.54. The van der Waals surface area contributed by atoms with Gasteiger partial charge in [-0.25, -0.2) is 0 Å². The summed E-state index contributed by atoms with van der Waals surface area (Å²) in [6, 6.07) is 10.9. The summed E-state index contributed by atoms with van der Waals surface area (Å²) in [5.74, 6) is 0. The van der Waals surface area contributed by atoms with E-state index >= 15 is 0 Å². The van der Waals surface area contributed by atoms with Crippen LogP contribution >= 0.6 is 39.0 Å². The van der Waals surface area contributed by atoms with Gasteiger partial charge in [0.2, 0.25) is 0 Å². The quantitative estimate of drug-likeness (QED) is 0.624. The van der Waals surface area contributed by atoms with Gasteiger partial charge in [-0.05, 0) is 35.1 Å². The summed E-state index contributed by atoms with van der Waals surface area (Å²) in [5.41, 5.74) is 2.90. The molecule has 1 aromatic heterocycles. The monoisotopic (exact) mass is 296 g/mol. The molecule has 76 valence electrons. The minimum absolute atomic E-state index is 0.467. The van der Waals surface area contributed by atoms with E-state index in [4.69, 9.17) is 0 Å². The Morgan fingerprint density at radius 1 is 1.20 bits per heavy atom. The van der Waals surface area contributed by atoms with Gasteiger partial charge >= 0.3 is 0 Å². The van der Waals surface area contributed by atoms with E-state index in [1.54, 1.807) is 0 Å². The third-order valence-electron chi connectivity index (χ3n) is 2.57. The molecule has 3 heteroatoms. The molecule has 0 nitrogen and oxygen atoms in total. The maximum Gasteiger partial charge on any atom is 0.0689 e. The largest absolute Gasteiger partial charge is 0.137 e. The smallest absolute Gasteiger partial charge is 0.0689 e. The molecule has 1 aliphatic rings. The van der Waals surface area contributed by atoms with Gasteiger partial charge in [0.1, 0.15) is 0 Å². The Morgan fingerprint density at radius 3 is 3.00 bits per heavy atom. The summed E-state index contributed by atoms with van der Waals surface area (Å²) >= 11 is 7.52. The van der Waals surface area contributed by atoms with E-state index in [2.05, 4.69) is 51.6 Å². The molecular formula is C12H9BrS2. The van der Waals surface area contributed by atoms with E-state index in [-0.39, 0.29) is 0 Å². The van der Waals surface area contributed by atoms with Crippen LogP contribution in [0.15, 0.2) is 44.8 Å². The van der Waals surface area contributed by atoms with E-state index in [1.165, 1.54) is 20.2 Å². The fraction of sp³-hybridized carbons (Fsp3) is 0.167. The minimum Gasteiger partial charge on any atom is -0.137 e. The third-order valence-corrected chi connectivity index (χ3v) is 5.69. The highest BCUT2D eigenvalue weighted by Crippen LogP contribution is 2.46. The summed E-state index contributed by atoms with van der Waals surface area (Å²) in [7, 11) is 0. The van der Waals surface area contributed by atoms with Crippen molar-refractivity contribution in [2.75, 3.05) is 0 Å². The summed E-state index contributed by atoms with van der Waals surface area (Å²) in [5, 5.41) is 2.18. The summed E-state index contributed by atoms with van der Waals surface area (Å²) in [6.07, 6.45) is 1.09. The maximum atomic E-state index is 3.78. The number of alkyl halides is 1. The van der Waals surface area contributed by atoms with Gasteiger partial charge in [-0.3, -0.25) is 0 Å². The standard InChI is InChI=1S/C12H9BrS2/c13-10-7-8-3-1-2-4-11(8)15-12-9(10)5-6-14-12/h1-6,10H,7H2. The lowest BCUT2D eigenvalue weighted by molar-refractivity contribution is 0.926. The van der Waals surface area contributed by atoms with Crippen LogP contribution in [-0.4, -0.2) is 0 Å². The average molecular weight is 297 g/mol. The molecule has 1 unspecified atom stereocenters. The van der Waals surface area contributed by atoms with Gasteiger partial charge in [0.25, 0.3) is 0 Å². The molecule has 0 amide bonds. The Labute approximate surface area is 106 Å². The van der Waals surface area contributed by atoms with Gasteiger partial charge in [-0.1, -0.05) is 45.9 Å². The highest BCUT2D eigenvalue weighted by Gasteiger charge is 2.20. The molecule has 1 aliphatic heterocycles. The van der Waals surface area contributed by atoms with Crippen molar-refractivity contribution in [3.63, 3.8) is 0 Å². The Morgan fingerprint density at radius 2 is 2.07 bits per heavy atom. The molecule has 15 heavy (non-hydrogen) atoms. The van der Waals surface area contributed by atoms with Gasteiger partial charge in [0.05, 0.1) is 4.21 Å². The Hall–Kier alpha value is -0.250. The van der Waals surface area contributed by atoms with Crippen LogP contribution < -0.4 is 0 Å². The van der Waals surface area contributed by atoms with Crippen molar-refractivity contribution in [2.24, 2.45) is 0 Å². The first-order chi connectivity index (χ1) is 7.34. The third kappa shape index (κ3) is 1.77. The van der Waals surface area contributed by atoms with E-state index in [1.807, 2.05) is 23.1 Å². The number of fused-ring (bicyclic) bond motifs is 2. The molecule has 0 saturated carbocycles. The first-order valence-electron chi connectivity index (χ1n) is 4.82. The van der Waals surface area contributed by atoms with Crippen molar-refractivity contribution in [1.82, 2.24) is 0 Å². The minimum atomic E-state index is 0.467. The lowest BCUT2D eigenvalue weighted by Gasteiger charge is -2.06. The molecule has 2 heterocycles. The topological polar surface area (TPSA) is 0 Å². The summed E-state index contributed by atoms with van der Waals surface area (Å²) in [4.78, 5) is 1.87. The van der Waals surface area contributed by atoms with Crippen molar-refractivity contribution in [1.29, 1.82) is 0 Å². The number of thiophene rings is 1. The second-order valence-corrected chi connectivity index (χ2v) is 6.88. The van der Waals surface area contributed by atoms with Gasteiger partial charge < -0.3 is 0 Å². The molecule has 1 atom stereocenters. The van der Waals surface area contributed by atoms with Gasteiger partial charge in [0.15, 0.2) is 0 Å². The first kappa shape index (κ1) is 9.94. The molecule has 2 aromatic rings. The number of hydrogen-bond acceptors (Lipinski definition) is 2. The maximum absolute atomic E-state index is 3.78. The molecule has 0 fully saturated rings. The average Bonchev–Trinajstić information content (AvgIpc) is 2.64. The highest BCUT2D eigenvalue weighted by molar-refractivity contribution is 9.09. The van der Waals surface area contributed by atoms with Crippen LogP contribution in [0.1, 0.15) is 16.0 Å². The lowest BCUT2D eigenvalue weighted by Crippen LogP contribution is -1.92. The summed E-state index contributed by atoms with van der Waals surface area (Å²) in [6.45, 7) is 0. The zero-order chi connectivity index (χ0) is 10.3. The Bertz CT molecular complexity index is 490. The normalized spacial score (nSPS) is 19.1. The number of halogens is 1. The van der Waals surface area contributed by atoms with Crippen molar-refractivity contribution >= 4 is 39.0 Å². The van der Waals surface area contributed by atoms with Crippen LogP contribution in [0.3, 0.4) is 0 Å². The predicted molar refractivity (Wildman–Crippen MR) is 70.3 cm³/mol. The van der Waals surface area contributed by atoms with E-state index < -0.39 is 0 Å². The van der Waals surface area contributed by atoms with Crippen molar-refractivity contribution in [3.8, 4) is 0 Å². The van der Waals surface area contributed by atoms with Crippen molar-refractivity contribution in [3.05, 3.63) is 46.8 Å². The zero-order valence-electron chi connectivity index (χ0n) is 7.94. The lowest BCUT2D eigenvalue weighted by atomic mass is 10.1. The molecule has 1 aromatic carbocycles. The molecule has 3 rings (SSSR count). The van der Waals surface area contributed by atoms with Crippen LogP contribution in [0.5, 0.6) is 0 Å². The number of rotatable bonds is 0. The van der Waals surface area contributed by atoms with Gasteiger partial charge in [-0.15, -0.1) is 11.3 Å². The number of hydrogen-bond donors (Lipinski definition) is 0. The van der Waals surface area contributed by atoms with Crippen molar-refractivity contribution < 1.29 is 0 Å². The van der Waals surface area contributed by atoms with Crippen LogP contribution in [-0.2, 0) is 6.42 Å². The van der Waals surface area contributed by atoms with Crippen LogP contribution in [0.25, 0.3) is 0 Å². The molecule has 0 spiro atoms. The SMILES string of the molecule is BrC1Cc2ccccc2Sc2sccc21. The number of benzene rings is 1. The molecule has 0 N–H and O–H groups in total. The van der Waals surface area contributed by atoms with E-state index in [0.717, 1.165) is 6.42 Å². The van der Waals surface area contributed by atoms with Crippen molar-refractivity contribution in [2.45, 2.75) is 20.4 Å². The first-order valence-corrected chi connectivity index (χ1v) is 7.43. The van der Waals surface area contributed by atoms with E-state index in [0.29, 0.717) is 4.83 Å². The van der Waals surface area contributed by atoms with E-state index in [9.17, 15) is 0 Å². The Kier molecular flexibility index (Phi) is 2.63. The molecular weight excluding hydrogens is 288 g/mol. The molecule has 0 aliphatic carbocycles. The van der Waals surface area contributed by atoms with Gasteiger partial charge in [0, 0.05) is 9.72 Å². The molecule has 0 bridgehead atoms. The highest BCUT2D eigenvalue weighted by atomic mass is 79.9. The van der Waals surface area contributed by atoms with Crippen LogP contribution in [0.2, 0.25) is 0 Å².